The molecule has 1 aromatic carbocycles. The van der Waals surface area contributed by atoms with Crippen molar-refractivity contribution in [1.29, 1.82) is 0 Å². The number of halogens is 2. The van der Waals surface area contributed by atoms with E-state index in [9.17, 15) is 4.79 Å². The van der Waals surface area contributed by atoms with Crippen molar-refractivity contribution in [3.05, 3.63) is 33.8 Å². The van der Waals surface area contributed by atoms with E-state index < -0.39 is 0 Å². The second-order valence-corrected chi connectivity index (χ2v) is 5.29. The number of carbonyl (C=O) groups is 1. The molecule has 17 heavy (non-hydrogen) atoms. The van der Waals surface area contributed by atoms with Crippen LogP contribution in [-0.2, 0) is 11.2 Å². The summed E-state index contributed by atoms with van der Waals surface area (Å²) in [6.07, 6.45) is 3.26. The van der Waals surface area contributed by atoms with Gasteiger partial charge in [0.1, 0.15) is 5.78 Å². The van der Waals surface area contributed by atoms with Gasteiger partial charge in [-0.05, 0) is 37.1 Å². The minimum absolute atomic E-state index is 0.230. The molecule has 1 unspecified atom stereocenters. The molecule has 1 aliphatic rings. The Balaban J connectivity index is 1.93. The monoisotopic (exact) mass is 271 g/mol. The zero-order valence-electron chi connectivity index (χ0n) is 9.51. The van der Waals surface area contributed by atoms with Crippen molar-refractivity contribution in [3.8, 4) is 0 Å². The fourth-order valence-corrected chi connectivity index (χ4v) is 2.63. The fourth-order valence-electron chi connectivity index (χ4n) is 2.16. The van der Waals surface area contributed by atoms with E-state index >= 15 is 0 Å². The second-order valence-electron chi connectivity index (χ2n) is 4.45. The van der Waals surface area contributed by atoms with E-state index in [2.05, 4.69) is 5.32 Å². The standard InChI is InChI=1S/C13H15Cl2NO/c14-10-4-3-9(13(15)7-10)6-12(17)8-11-2-1-5-16-11/h3-4,7,11,16H,1-2,5-6,8H2. The van der Waals surface area contributed by atoms with Crippen molar-refractivity contribution in [2.75, 3.05) is 6.54 Å². The summed E-state index contributed by atoms with van der Waals surface area (Å²) in [7, 11) is 0. The van der Waals surface area contributed by atoms with Crippen LogP contribution in [0.5, 0.6) is 0 Å². The Morgan fingerprint density at radius 3 is 2.88 bits per heavy atom. The highest BCUT2D eigenvalue weighted by Crippen LogP contribution is 2.22. The molecule has 2 nitrogen and oxygen atoms in total. The summed E-state index contributed by atoms with van der Waals surface area (Å²) in [6.45, 7) is 1.03. The van der Waals surface area contributed by atoms with Crippen molar-refractivity contribution < 1.29 is 4.79 Å². The predicted molar refractivity (Wildman–Crippen MR) is 70.8 cm³/mol. The van der Waals surface area contributed by atoms with E-state index in [-0.39, 0.29) is 5.78 Å². The molecule has 1 aliphatic heterocycles. The Hall–Kier alpha value is -0.570. The Kier molecular flexibility index (Phi) is 4.43. The van der Waals surface area contributed by atoms with Crippen LogP contribution < -0.4 is 5.32 Å². The van der Waals surface area contributed by atoms with Gasteiger partial charge in [0.05, 0.1) is 0 Å². The predicted octanol–water partition coefficient (Wildman–Crippen LogP) is 3.25. The van der Waals surface area contributed by atoms with Crippen molar-refractivity contribution in [2.45, 2.75) is 31.7 Å². The summed E-state index contributed by atoms with van der Waals surface area (Å²) >= 11 is 11.8. The molecular formula is C13H15Cl2NO. The van der Waals surface area contributed by atoms with Crippen molar-refractivity contribution in [1.82, 2.24) is 5.32 Å². The number of rotatable bonds is 4. The molecule has 0 aliphatic carbocycles. The maximum Gasteiger partial charge on any atom is 0.138 e. The molecule has 1 heterocycles. The van der Waals surface area contributed by atoms with Gasteiger partial charge in [0.2, 0.25) is 0 Å². The van der Waals surface area contributed by atoms with Crippen LogP contribution in [0, 0.1) is 0 Å². The molecule has 92 valence electrons. The summed E-state index contributed by atoms with van der Waals surface area (Å²) in [5.41, 5.74) is 0.860. The third-order valence-electron chi connectivity index (χ3n) is 3.04. The largest absolute Gasteiger partial charge is 0.314 e. The first kappa shape index (κ1) is 12.9. The van der Waals surface area contributed by atoms with Gasteiger partial charge < -0.3 is 5.32 Å². The minimum Gasteiger partial charge on any atom is -0.314 e. The molecule has 0 spiro atoms. The zero-order valence-corrected chi connectivity index (χ0v) is 11.0. The van der Waals surface area contributed by atoms with Gasteiger partial charge in [0.15, 0.2) is 0 Å². The van der Waals surface area contributed by atoms with E-state index in [1.54, 1.807) is 12.1 Å². The molecule has 1 fully saturated rings. The number of hydrogen-bond acceptors (Lipinski definition) is 2. The van der Waals surface area contributed by atoms with Gasteiger partial charge in [-0.25, -0.2) is 0 Å². The molecule has 1 atom stereocenters. The first-order valence-electron chi connectivity index (χ1n) is 5.84. The highest BCUT2D eigenvalue weighted by atomic mass is 35.5. The lowest BCUT2D eigenvalue weighted by molar-refractivity contribution is -0.118. The normalized spacial score (nSPS) is 19.5. The zero-order chi connectivity index (χ0) is 12.3. The fraction of sp³-hybridized carbons (Fsp3) is 0.462. The lowest BCUT2D eigenvalue weighted by Gasteiger charge is -2.09. The molecule has 2 rings (SSSR count). The van der Waals surface area contributed by atoms with Crippen LogP contribution in [0.3, 0.4) is 0 Å². The minimum atomic E-state index is 0.230. The molecule has 4 heteroatoms. The lowest BCUT2D eigenvalue weighted by atomic mass is 10.0. The second kappa shape index (κ2) is 5.85. The van der Waals surface area contributed by atoms with E-state index in [0.717, 1.165) is 18.5 Å². The van der Waals surface area contributed by atoms with Crippen LogP contribution in [0.2, 0.25) is 10.0 Å². The van der Waals surface area contributed by atoms with Gasteiger partial charge >= 0.3 is 0 Å². The SMILES string of the molecule is O=C(Cc1ccc(Cl)cc1Cl)CC1CCCN1. The van der Waals surface area contributed by atoms with Crippen LogP contribution in [0.1, 0.15) is 24.8 Å². The molecule has 0 radical (unpaired) electrons. The van der Waals surface area contributed by atoms with Crippen LogP contribution in [0.15, 0.2) is 18.2 Å². The topological polar surface area (TPSA) is 29.1 Å². The van der Waals surface area contributed by atoms with E-state index in [1.165, 1.54) is 6.42 Å². The number of carbonyl (C=O) groups excluding carboxylic acids is 1. The summed E-state index contributed by atoms with van der Waals surface area (Å²) in [6, 6.07) is 5.63. The Labute approximate surface area is 111 Å². The van der Waals surface area contributed by atoms with Gasteiger partial charge in [-0.3, -0.25) is 4.79 Å². The van der Waals surface area contributed by atoms with Gasteiger partial charge in [0.25, 0.3) is 0 Å². The Bertz CT molecular complexity index is 414. The van der Waals surface area contributed by atoms with Crippen molar-refractivity contribution >= 4 is 29.0 Å². The first-order chi connectivity index (χ1) is 8.15. The average Bonchev–Trinajstić information content (AvgIpc) is 2.75. The Morgan fingerprint density at radius 2 is 2.24 bits per heavy atom. The van der Waals surface area contributed by atoms with Gasteiger partial charge in [-0.1, -0.05) is 29.3 Å². The van der Waals surface area contributed by atoms with Crippen molar-refractivity contribution in [3.63, 3.8) is 0 Å². The number of nitrogens with one attached hydrogen (secondary N) is 1. The molecular weight excluding hydrogens is 257 g/mol. The van der Waals surface area contributed by atoms with Gasteiger partial charge in [-0.2, -0.15) is 0 Å². The van der Waals surface area contributed by atoms with Crippen LogP contribution in [-0.4, -0.2) is 18.4 Å². The first-order valence-corrected chi connectivity index (χ1v) is 6.60. The van der Waals surface area contributed by atoms with E-state index in [1.807, 2.05) is 6.07 Å². The van der Waals surface area contributed by atoms with E-state index in [4.69, 9.17) is 23.2 Å². The number of ketones is 1. The molecule has 0 bridgehead atoms. The number of benzene rings is 1. The average molecular weight is 272 g/mol. The summed E-state index contributed by atoms with van der Waals surface area (Å²) in [5.74, 6) is 0.230. The molecule has 0 amide bonds. The lowest BCUT2D eigenvalue weighted by Crippen LogP contribution is -2.25. The molecule has 1 N–H and O–H groups in total. The smallest absolute Gasteiger partial charge is 0.138 e. The maximum atomic E-state index is 11.9. The Morgan fingerprint density at radius 1 is 1.41 bits per heavy atom. The summed E-state index contributed by atoms with van der Waals surface area (Å²) in [4.78, 5) is 11.9. The van der Waals surface area contributed by atoms with Gasteiger partial charge in [0, 0.05) is 28.9 Å². The van der Waals surface area contributed by atoms with Crippen LogP contribution in [0.25, 0.3) is 0 Å². The van der Waals surface area contributed by atoms with E-state index in [0.29, 0.717) is 28.9 Å². The third-order valence-corrected chi connectivity index (χ3v) is 3.63. The summed E-state index contributed by atoms with van der Waals surface area (Å²) in [5, 5.41) is 4.50. The molecule has 1 aromatic rings. The van der Waals surface area contributed by atoms with Gasteiger partial charge in [-0.15, -0.1) is 0 Å². The quantitative estimate of drug-likeness (QED) is 0.911. The van der Waals surface area contributed by atoms with Crippen LogP contribution in [0.4, 0.5) is 0 Å². The number of hydrogen-bond donors (Lipinski definition) is 1. The third kappa shape index (κ3) is 3.70. The van der Waals surface area contributed by atoms with Crippen LogP contribution >= 0.6 is 23.2 Å². The summed E-state index contributed by atoms with van der Waals surface area (Å²) < 4.78 is 0. The maximum absolute atomic E-state index is 11.9. The number of Topliss-reactive ketones (excluding diaryl/α,β-unsaturated/α-hetero) is 1. The highest BCUT2D eigenvalue weighted by molar-refractivity contribution is 6.35. The molecule has 1 saturated heterocycles. The van der Waals surface area contributed by atoms with Crippen molar-refractivity contribution in [2.24, 2.45) is 0 Å². The molecule has 0 aromatic heterocycles. The highest BCUT2D eigenvalue weighted by Gasteiger charge is 2.18. The molecule has 0 saturated carbocycles.